The molecule has 1 aromatic carbocycles. The molecule has 0 aliphatic rings. The van der Waals surface area contributed by atoms with Gasteiger partial charge in [0.05, 0.1) is 7.11 Å². The van der Waals surface area contributed by atoms with Crippen molar-refractivity contribution in [2.24, 2.45) is 0 Å². The molecule has 0 aliphatic carbocycles. The van der Waals surface area contributed by atoms with E-state index in [1.165, 1.54) is 10.9 Å². The number of aryl methyl sites for hydroxylation is 1. The van der Waals surface area contributed by atoms with Gasteiger partial charge in [-0.05, 0) is 38.1 Å². The lowest BCUT2D eigenvalue weighted by molar-refractivity contribution is -0.140. The molecular formula is C16H23NO3. The highest BCUT2D eigenvalue weighted by atomic mass is 16.7. The molecule has 0 N–H and O–H groups in total. The molecule has 1 aromatic heterocycles. The fourth-order valence-corrected chi connectivity index (χ4v) is 2.33. The maximum Gasteiger partial charge on any atom is 0.159 e. The van der Waals surface area contributed by atoms with Gasteiger partial charge in [-0.2, -0.15) is 0 Å². The second kappa shape index (κ2) is 7.31. The van der Waals surface area contributed by atoms with Gasteiger partial charge in [0.2, 0.25) is 0 Å². The van der Waals surface area contributed by atoms with Crippen molar-refractivity contribution < 1.29 is 14.2 Å². The van der Waals surface area contributed by atoms with Crippen molar-refractivity contribution in [1.82, 2.24) is 4.57 Å². The van der Waals surface area contributed by atoms with Crippen LogP contribution in [0.1, 0.15) is 20.3 Å². The molecule has 0 amide bonds. The third kappa shape index (κ3) is 3.52. The summed E-state index contributed by atoms with van der Waals surface area (Å²) >= 11 is 0. The summed E-state index contributed by atoms with van der Waals surface area (Å²) in [6.45, 7) is 6.20. The summed E-state index contributed by atoms with van der Waals surface area (Å²) in [7, 11) is 1.69. The van der Waals surface area contributed by atoms with Crippen molar-refractivity contribution in [3.05, 3.63) is 30.5 Å². The quantitative estimate of drug-likeness (QED) is 0.693. The number of benzene rings is 1. The largest absolute Gasteiger partial charge is 0.497 e. The lowest BCUT2D eigenvalue weighted by atomic mass is 10.2. The third-order valence-electron chi connectivity index (χ3n) is 3.29. The fraction of sp³-hybridized carbons (Fsp3) is 0.500. The van der Waals surface area contributed by atoms with E-state index < -0.39 is 0 Å². The number of nitrogens with zero attached hydrogens (tertiary/aromatic N) is 1. The first-order valence-electron chi connectivity index (χ1n) is 7.14. The Morgan fingerprint density at radius 3 is 2.50 bits per heavy atom. The minimum atomic E-state index is -0.124. The SMILES string of the molecule is CCOC(CCn1ccc2cc(OC)ccc21)OCC. The third-order valence-corrected chi connectivity index (χ3v) is 3.29. The van der Waals surface area contributed by atoms with E-state index in [2.05, 4.69) is 29.0 Å². The van der Waals surface area contributed by atoms with Gasteiger partial charge in [0.15, 0.2) is 6.29 Å². The highest BCUT2D eigenvalue weighted by molar-refractivity contribution is 5.81. The molecule has 4 nitrogen and oxygen atoms in total. The Bertz CT molecular complexity index is 530. The Labute approximate surface area is 120 Å². The normalized spacial score (nSPS) is 11.4. The van der Waals surface area contributed by atoms with E-state index >= 15 is 0 Å². The van der Waals surface area contributed by atoms with E-state index in [0.717, 1.165) is 18.7 Å². The van der Waals surface area contributed by atoms with Crippen LogP contribution in [0, 0.1) is 0 Å². The Hall–Kier alpha value is -1.52. The maximum atomic E-state index is 5.57. The predicted octanol–water partition coefficient (Wildman–Crippen LogP) is 3.44. The van der Waals surface area contributed by atoms with Gasteiger partial charge < -0.3 is 18.8 Å². The molecule has 0 aliphatic heterocycles. The first-order valence-corrected chi connectivity index (χ1v) is 7.14. The number of fused-ring (bicyclic) bond motifs is 1. The summed E-state index contributed by atoms with van der Waals surface area (Å²) in [5.41, 5.74) is 1.21. The average Bonchev–Trinajstić information content (AvgIpc) is 2.87. The van der Waals surface area contributed by atoms with E-state index in [1.807, 2.05) is 19.9 Å². The van der Waals surface area contributed by atoms with E-state index in [0.29, 0.717) is 13.2 Å². The molecular weight excluding hydrogens is 254 g/mol. The Balaban J connectivity index is 2.05. The van der Waals surface area contributed by atoms with E-state index in [1.54, 1.807) is 7.11 Å². The first kappa shape index (κ1) is 14.9. The summed E-state index contributed by atoms with van der Waals surface area (Å²) in [6, 6.07) is 8.23. The molecule has 0 bridgehead atoms. The standard InChI is InChI=1S/C16H23NO3/c1-4-19-16(20-5-2)9-11-17-10-8-13-12-14(18-3)6-7-15(13)17/h6-8,10,12,16H,4-5,9,11H2,1-3H3. The van der Waals surface area contributed by atoms with Crippen LogP contribution in [0.3, 0.4) is 0 Å². The van der Waals surface area contributed by atoms with E-state index in [4.69, 9.17) is 14.2 Å². The minimum absolute atomic E-state index is 0.124. The second-order valence-corrected chi connectivity index (χ2v) is 4.56. The van der Waals surface area contributed by atoms with Crippen LogP contribution in [0.2, 0.25) is 0 Å². The lowest BCUT2D eigenvalue weighted by Gasteiger charge is -2.17. The van der Waals surface area contributed by atoms with Crippen molar-refractivity contribution in [3.8, 4) is 5.75 Å². The molecule has 0 unspecified atom stereocenters. The highest BCUT2D eigenvalue weighted by Crippen LogP contribution is 2.22. The summed E-state index contributed by atoms with van der Waals surface area (Å²) in [4.78, 5) is 0. The highest BCUT2D eigenvalue weighted by Gasteiger charge is 2.09. The maximum absolute atomic E-state index is 5.57. The van der Waals surface area contributed by atoms with Gasteiger partial charge in [0.25, 0.3) is 0 Å². The topological polar surface area (TPSA) is 32.6 Å². The molecule has 4 heteroatoms. The molecule has 110 valence electrons. The number of aromatic nitrogens is 1. The van der Waals surface area contributed by atoms with Gasteiger partial charge in [0, 0.05) is 43.3 Å². The van der Waals surface area contributed by atoms with Crippen LogP contribution < -0.4 is 4.74 Å². The zero-order chi connectivity index (χ0) is 14.4. The number of hydrogen-bond acceptors (Lipinski definition) is 3. The number of rotatable bonds is 8. The summed E-state index contributed by atoms with van der Waals surface area (Å²) in [6.07, 6.45) is 2.82. The summed E-state index contributed by atoms with van der Waals surface area (Å²) in [5.74, 6) is 0.886. The van der Waals surface area contributed by atoms with E-state index in [9.17, 15) is 0 Å². The lowest BCUT2D eigenvalue weighted by Crippen LogP contribution is -2.19. The number of methoxy groups -OCH3 is 1. The molecule has 0 fully saturated rings. The first-order chi connectivity index (χ1) is 9.78. The molecule has 20 heavy (non-hydrogen) atoms. The van der Waals surface area contributed by atoms with Crippen LogP contribution >= 0.6 is 0 Å². The van der Waals surface area contributed by atoms with Crippen molar-refractivity contribution in [2.75, 3.05) is 20.3 Å². The number of hydrogen-bond donors (Lipinski definition) is 0. The summed E-state index contributed by atoms with van der Waals surface area (Å²) in [5, 5.41) is 1.19. The van der Waals surface area contributed by atoms with Gasteiger partial charge in [-0.25, -0.2) is 0 Å². The molecule has 1 heterocycles. The van der Waals surface area contributed by atoms with Gasteiger partial charge in [-0.3, -0.25) is 0 Å². The molecule has 0 atom stereocenters. The molecule has 2 aromatic rings. The monoisotopic (exact) mass is 277 g/mol. The van der Waals surface area contributed by atoms with Gasteiger partial charge >= 0.3 is 0 Å². The Kier molecular flexibility index (Phi) is 5.44. The molecule has 0 saturated heterocycles. The van der Waals surface area contributed by atoms with Crippen LogP contribution in [0.15, 0.2) is 30.5 Å². The van der Waals surface area contributed by atoms with Crippen molar-refractivity contribution in [1.29, 1.82) is 0 Å². The molecule has 0 spiro atoms. The minimum Gasteiger partial charge on any atom is -0.497 e. The Morgan fingerprint density at radius 1 is 1.10 bits per heavy atom. The van der Waals surface area contributed by atoms with Crippen LogP contribution in [0.5, 0.6) is 5.75 Å². The smallest absolute Gasteiger partial charge is 0.159 e. The zero-order valence-electron chi connectivity index (χ0n) is 12.5. The van der Waals surface area contributed by atoms with Crippen LogP contribution in [0.25, 0.3) is 10.9 Å². The zero-order valence-corrected chi connectivity index (χ0v) is 12.5. The second-order valence-electron chi connectivity index (χ2n) is 4.56. The van der Waals surface area contributed by atoms with Gasteiger partial charge in [-0.1, -0.05) is 0 Å². The molecule has 0 radical (unpaired) electrons. The van der Waals surface area contributed by atoms with Gasteiger partial charge in [0.1, 0.15) is 5.75 Å². The number of ether oxygens (including phenoxy) is 3. The van der Waals surface area contributed by atoms with Crippen LogP contribution in [0.4, 0.5) is 0 Å². The fourth-order valence-electron chi connectivity index (χ4n) is 2.33. The molecule has 2 rings (SSSR count). The predicted molar refractivity (Wildman–Crippen MR) is 80.1 cm³/mol. The van der Waals surface area contributed by atoms with Crippen molar-refractivity contribution in [2.45, 2.75) is 33.1 Å². The summed E-state index contributed by atoms with van der Waals surface area (Å²) < 4.78 is 18.6. The van der Waals surface area contributed by atoms with Crippen LogP contribution in [-0.4, -0.2) is 31.2 Å². The van der Waals surface area contributed by atoms with Crippen molar-refractivity contribution in [3.63, 3.8) is 0 Å². The average molecular weight is 277 g/mol. The van der Waals surface area contributed by atoms with Gasteiger partial charge in [-0.15, -0.1) is 0 Å². The molecule has 0 saturated carbocycles. The van der Waals surface area contributed by atoms with E-state index in [-0.39, 0.29) is 6.29 Å². The Morgan fingerprint density at radius 2 is 1.85 bits per heavy atom. The van der Waals surface area contributed by atoms with Crippen molar-refractivity contribution >= 4 is 10.9 Å². The van der Waals surface area contributed by atoms with Crippen LogP contribution in [-0.2, 0) is 16.0 Å².